The molecule has 0 saturated heterocycles. The lowest BCUT2D eigenvalue weighted by atomic mass is 10.2. The van der Waals surface area contributed by atoms with E-state index < -0.39 is 0 Å². The highest BCUT2D eigenvalue weighted by Gasteiger charge is 2.00. The molecule has 1 N–H and O–H groups in total. The van der Waals surface area contributed by atoms with Crippen molar-refractivity contribution in [2.24, 2.45) is 0 Å². The number of aryl methyl sites for hydroxylation is 1. The lowest BCUT2D eigenvalue weighted by molar-refractivity contribution is 0.0695. The van der Waals surface area contributed by atoms with Gasteiger partial charge in [0.25, 0.3) is 0 Å². The van der Waals surface area contributed by atoms with Gasteiger partial charge in [-0.3, -0.25) is 0 Å². The van der Waals surface area contributed by atoms with Gasteiger partial charge in [0.15, 0.2) is 0 Å². The molecule has 0 aromatic carbocycles. The second-order valence-corrected chi connectivity index (χ2v) is 4.86. The van der Waals surface area contributed by atoms with Crippen molar-refractivity contribution in [2.75, 3.05) is 33.5 Å². The number of hydrogen-bond acceptors (Lipinski definition) is 4. The van der Waals surface area contributed by atoms with E-state index in [2.05, 4.69) is 23.7 Å². The molecule has 3 nitrogen and oxygen atoms in total. The standard InChI is InChI=1S/C13H23NO2S/c1-3-12-5-10-17-13(12)11-14-6-4-7-16-9-8-15-2/h5,10,14H,3-4,6-9,11H2,1-2H3. The topological polar surface area (TPSA) is 30.5 Å². The summed E-state index contributed by atoms with van der Waals surface area (Å²) in [6.07, 6.45) is 2.18. The molecule has 0 radical (unpaired) electrons. The zero-order chi connectivity index (χ0) is 12.3. The van der Waals surface area contributed by atoms with Gasteiger partial charge in [-0.1, -0.05) is 6.92 Å². The summed E-state index contributed by atoms with van der Waals surface area (Å²) in [5, 5.41) is 5.62. The van der Waals surface area contributed by atoms with Gasteiger partial charge >= 0.3 is 0 Å². The van der Waals surface area contributed by atoms with Crippen LogP contribution in [0.3, 0.4) is 0 Å². The van der Waals surface area contributed by atoms with Crippen molar-refractivity contribution < 1.29 is 9.47 Å². The first-order chi connectivity index (χ1) is 8.38. The molecule has 1 aromatic rings. The van der Waals surface area contributed by atoms with Crippen molar-refractivity contribution in [2.45, 2.75) is 26.3 Å². The van der Waals surface area contributed by atoms with Gasteiger partial charge in [-0.15, -0.1) is 11.3 Å². The van der Waals surface area contributed by atoms with Crippen LogP contribution in [0, 0.1) is 0 Å². The first kappa shape index (κ1) is 14.6. The molecular formula is C13H23NO2S. The van der Waals surface area contributed by atoms with Gasteiger partial charge in [-0.2, -0.15) is 0 Å². The maximum Gasteiger partial charge on any atom is 0.0700 e. The smallest absolute Gasteiger partial charge is 0.0700 e. The summed E-state index contributed by atoms with van der Waals surface area (Å²) in [6.45, 7) is 6.38. The van der Waals surface area contributed by atoms with Crippen LogP contribution in [0.15, 0.2) is 11.4 Å². The minimum atomic E-state index is 0.683. The SMILES string of the molecule is CCc1ccsc1CNCCCOCCOC. The van der Waals surface area contributed by atoms with E-state index in [-0.39, 0.29) is 0 Å². The molecule has 1 rings (SSSR count). The maximum absolute atomic E-state index is 5.39. The number of methoxy groups -OCH3 is 1. The molecule has 1 aromatic heterocycles. The molecule has 17 heavy (non-hydrogen) atoms. The number of rotatable bonds is 10. The van der Waals surface area contributed by atoms with Crippen LogP contribution >= 0.6 is 11.3 Å². The van der Waals surface area contributed by atoms with E-state index in [4.69, 9.17) is 9.47 Å². The zero-order valence-electron chi connectivity index (χ0n) is 10.8. The van der Waals surface area contributed by atoms with Crippen LogP contribution in [-0.2, 0) is 22.4 Å². The first-order valence-electron chi connectivity index (χ1n) is 6.21. The fourth-order valence-electron chi connectivity index (χ4n) is 1.58. The molecule has 0 fully saturated rings. The highest BCUT2D eigenvalue weighted by molar-refractivity contribution is 7.10. The largest absolute Gasteiger partial charge is 0.382 e. The second kappa shape index (κ2) is 9.59. The predicted molar refractivity (Wildman–Crippen MR) is 72.7 cm³/mol. The van der Waals surface area contributed by atoms with E-state index in [1.165, 1.54) is 10.4 Å². The van der Waals surface area contributed by atoms with Gasteiger partial charge in [0, 0.05) is 25.1 Å². The molecule has 0 bridgehead atoms. The molecule has 0 atom stereocenters. The molecular weight excluding hydrogens is 234 g/mol. The highest BCUT2D eigenvalue weighted by atomic mass is 32.1. The van der Waals surface area contributed by atoms with Gasteiger partial charge in [0.2, 0.25) is 0 Å². The molecule has 0 saturated carbocycles. The third-order valence-electron chi connectivity index (χ3n) is 2.58. The van der Waals surface area contributed by atoms with E-state index in [9.17, 15) is 0 Å². The Morgan fingerprint density at radius 3 is 2.94 bits per heavy atom. The zero-order valence-corrected chi connectivity index (χ0v) is 11.6. The third-order valence-corrected chi connectivity index (χ3v) is 3.54. The van der Waals surface area contributed by atoms with Gasteiger partial charge in [0.05, 0.1) is 13.2 Å². The van der Waals surface area contributed by atoms with Crippen LogP contribution < -0.4 is 5.32 Å². The average molecular weight is 257 g/mol. The maximum atomic E-state index is 5.39. The Morgan fingerprint density at radius 1 is 1.29 bits per heavy atom. The molecule has 0 spiro atoms. The Morgan fingerprint density at radius 2 is 2.18 bits per heavy atom. The normalized spacial score (nSPS) is 10.9. The van der Waals surface area contributed by atoms with Crippen LogP contribution in [0.1, 0.15) is 23.8 Å². The van der Waals surface area contributed by atoms with Crippen molar-refractivity contribution in [1.29, 1.82) is 0 Å². The second-order valence-electron chi connectivity index (χ2n) is 3.86. The van der Waals surface area contributed by atoms with E-state index >= 15 is 0 Å². The predicted octanol–water partition coefficient (Wildman–Crippen LogP) is 2.45. The molecule has 0 amide bonds. The molecule has 1 heterocycles. The molecule has 0 unspecified atom stereocenters. The van der Waals surface area contributed by atoms with Gasteiger partial charge in [-0.25, -0.2) is 0 Å². The summed E-state index contributed by atoms with van der Waals surface area (Å²) in [5.74, 6) is 0. The monoisotopic (exact) mass is 257 g/mol. The number of thiophene rings is 1. The first-order valence-corrected chi connectivity index (χ1v) is 7.09. The van der Waals surface area contributed by atoms with Crippen molar-refractivity contribution in [3.05, 3.63) is 21.9 Å². The van der Waals surface area contributed by atoms with Crippen molar-refractivity contribution in [1.82, 2.24) is 5.32 Å². The Hall–Kier alpha value is -0.420. The van der Waals surface area contributed by atoms with Crippen molar-refractivity contribution in [3.8, 4) is 0 Å². The summed E-state index contributed by atoms with van der Waals surface area (Å²) in [4.78, 5) is 1.47. The van der Waals surface area contributed by atoms with Gasteiger partial charge in [0.1, 0.15) is 0 Å². The molecule has 4 heteroatoms. The Balaban J connectivity index is 1.97. The number of hydrogen-bond donors (Lipinski definition) is 1. The Labute approximate surface area is 108 Å². The average Bonchev–Trinajstić information content (AvgIpc) is 2.80. The summed E-state index contributed by atoms with van der Waals surface area (Å²) in [6, 6.07) is 2.22. The van der Waals surface area contributed by atoms with E-state index in [1.54, 1.807) is 7.11 Å². The summed E-state index contributed by atoms with van der Waals surface area (Å²) in [5.41, 5.74) is 1.47. The Bertz CT molecular complexity index is 289. The summed E-state index contributed by atoms with van der Waals surface area (Å²) < 4.78 is 10.3. The van der Waals surface area contributed by atoms with E-state index in [0.717, 1.165) is 32.5 Å². The quantitative estimate of drug-likeness (QED) is 0.653. The molecule has 0 aliphatic carbocycles. The van der Waals surface area contributed by atoms with Crippen LogP contribution in [0.4, 0.5) is 0 Å². The van der Waals surface area contributed by atoms with Crippen LogP contribution in [0.5, 0.6) is 0 Å². The fraction of sp³-hybridized carbons (Fsp3) is 0.692. The van der Waals surface area contributed by atoms with Crippen LogP contribution in [0.2, 0.25) is 0 Å². The minimum Gasteiger partial charge on any atom is -0.382 e. The van der Waals surface area contributed by atoms with Crippen LogP contribution in [-0.4, -0.2) is 33.5 Å². The summed E-state index contributed by atoms with van der Waals surface area (Å²) >= 11 is 1.84. The van der Waals surface area contributed by atoms with E-state index in [1.807, 2.05) is 11.3 Å². The molecule has 0 aliphatic rings. The van der Waals surface area contributed by atoms with Crippen molar-refractivity contribution >= 4 is 11.3 Å². The molecule has 98 valence electrons. The minimum absolute atomic E-state index is 0.683. The number of ether oxygens (including phenoxy) is 2. The summed E-state index contributed by atoms with van der Waals surface area (Å²) in [7, 11) is 1.69. The molecule has 0 aliphatic heterocycles. The van der Waals surface area contributed by atoms with Crippen molar-refractivity contribution in [3.63, 3.8) is 0 Å². The van der Waals surface area contributed by atoms with Crippen LogP contribution in [0.25, 0.3) is 0 Å². The third kappa shape index (κ3) is 6.17. The fourth-order valence-corrected chi connectivity index (χ4v) is 2.53. The van der Waals surface area contributed by atoms with Gasteiger partial charge in [-0.05, 0) is 36.4 Å². The van der Waals surface area contributed by atoms with Gasteiger partial charge < -0.3 is 14.8 Å². The Kier molecular flexibility index (Phi) is 8.26. The van der Waals surface area contributed by atoms with E-state index in [0.29, 0.717) is 13.2 Å². The lowest BCUT2D eigenvalue weighted by Crippen LogP contribution is -2.16. The lowest BCUT2D eigenvalue weighted by Gasteiger charge is -2.06. The highest BCUT2D eigenvalue weighted by Crippen LogP contribution is 2.16. The number of nitrogens with one attached hydrogen (secondary N) is 1.